The van der Waals surface area contributed by atoms with Gasteiger partial charge in [0.2, 0.25) is 5.91 Å². The number of esters is 1. The molecule has 29 heavy (non-hydrogen) atoms. The van der Waals surface area contributed by atoms with Crippen molar-refractivity contribution in [2.24, 2.45) is 11.8 Å². The molecular weight excluding hydrogens is 366 g/mol. The third-order valence-electron chi connectivity index (χ3n) is 4.56. The summed E-state index contributed by atoms with van der Waals surface area (Å²) >= 11 is 0. The number of rotatable bonds is 10. The van der Waals surface area contributed by atoms with Crippen LogP contribution in [0.4, 0.5) is 0 Å². The van der Waals surface area contributed by atoms with Crippen LogP contribution in [0, 0.1) is 11.8 Å². The van der Waals surface area contributed by atoms with E-state index in [2.05, 4.69) is 5.32 Å². The molecule has 0 unspecified atom stereocenters. The van der Waals surface area contributed by atoms with Crippen LogP contribution in [-0.2, 0) is 32.1 Å². The standard InChI is InChI=1S/C24H29NO4/c1-17(2)14-22(25-18(3)26)23(27)21(15-19-10-6-4-7-11-19)24(28)29-16-20-12-8-5-9-13-20/h4-13,17,21-22H,14-16H2,1-3H3,(H,25,26)/t21-,22-/m0/s1. The molecule has 5 nitrogen and oxygen atoms in total. The number of carbonyl (C=O) groups is 3. The largest absolute Gasteiger partial charge is 0.460 e. The van der Waals surface area contributed by atoms with Crippen molar-refractivity contribution in [2.75, 3.05) is 0 Å². The molecule has 0 aliphatic heterocycles. The number of hydrogen-bond acceptors (Lipinski definition) is 4. The van der Waals surface area contributed by atoms with Gasteiger partial charge in [-0.05, 0) is 29.9 Å². The third-order valence-corrected chi connectivity index (χ3v) is 4.56. The van der Waals surface area contributed by atoms with E-state index in [0.717, 1.165) is 11.1 Å². The Hall–Kier alpha value is -2.95. The van der Waals surface area contributed by atoms with E-state index in [4.69, 9.17) is 4.74 Å². The summed E-state index contributed by atoms with van der Waals surface area (Å²) in [6.45, 7) is 5.43. The minimum atomic E-state index is -0.975. The highest BCUT2D eigenvalue weighted by atomic mass is 16.5. The van der Waals surface area contributed by atoms with Crippen molar-refractivity contribution in [1.29, 1.82) is 0 Å². The maximum atomic E-state index is 13.3. The second kappa shape index (κ2) is 11.1. The summed E-state index contributed by atoms with van der Waals surface area (Å²) in [4.78, 5) is 37.8. The number of carbonyl (C=O) groups excluding carboxylic acids is 3. The second-order valence-corrected chi connectivity index (χ2v) is 7.62. The molecule has 0 saturated carbocycles. The second-order valence-electron chi connectivity index (χ2n) is 7.62. The van der Waals surface area contributed by atoms with E-state index in [-0.39, 0.29) is 30.6 Å². The summed E-state index contributed by atoms with van der Waals surface area (Å²) in [6.07, 6.45) is 0.706. The Morgan fingerprint density at radius 3 is 1.97 bits per heavy atom. The molecule has 2 aromatic carbocycles. The number of benzene rings is 2. The average Bonchev–Trinajstić information content (AvgIpc) is 2.70. The molecule has 2 atom stereocenters. The minimum Gasteiger partial charge on any atom is -0.460 e. The van der Waals surface area contributed by atoms with Crippen molar-refractivity contribution in [3.63, 3.8) is 0 Å². The van der Waals surface area contributed by atoms with Crippen LogP contribution in [0.15, 0.2) is 60.7 Å². The van der Waals surface area contributed by atoms with Gasteiger partial charge in [-0.1, -0.05) is 74.5 Å². The van der Waals surface area contributed by atoms with Gasteiger partial charge in [0.15, 0.2) is 5.78 Å². The van der Waals surface area contributed by atoms with Crippen LogP contribution in [0.2, 0.25) is 0 Å². The number of ketones is 1. The van der Waals surface area contributed by atoms with Gasteiger partial charge in [-0.25, -0.2) is 0 Å². The van der Waals surface area contributed by atoms with Gasteiger partial charge in [-0.3, -0.25) is 14.4 Å². The van der Waals surface area contributed by atoms with Gasteiger partial charge < -0.3 is 10.1 Å². The molecule has 1 amide bonds. The lowest BCUT2D eigenvalue weighted by Crippen LogP contribution is -2.46. The molecule has 0 aliphatic carbocycles. The van der Waals surface area contributed by atoms with Crippen LogP contribution in [-0.4, -0.2) is 23.7 Å². The Balaban J connectivity index is 2.20. The summed E-state index contributed by atoms with van der Waals surface area (Å²) in [6, 6.07) is 18.0. The lowest BCUT2D eigenvalue weighted by molar-refractivity contribution is -0.154. The predicted octanol–water partition coefficient (Wildman–Crippen LogP) is 3.71. The molecule has 0 aliphatic rings. The number of nitrogens with one attached hydrogen (secondary N) is 1. The summed E-state index contributed by atoms with van der Waals surface area (Å²) in [5.41, 5.74) is 1.72. The monoisotopic (exact) mass is 395 g/mol. The Bertz CT molecular complexity index is 802. The quantitative estimate of drug-likeness (QED) is 0.492. The Morgan fingerprint density at radius 2 is 1.45 bits per heavy atom. The first-order valence-electron chi connectivity index (χ1n) is 9.92. The number of ether oxygens (including phenoxy) is 1. The highest BCUT2D eigenvalue weighted by Crippen LogP contribution is 2.18. The summed E-state index contributed by atoms with van der Waals surface area (Å²) in [5, 5.41) is 2.71. The van der Waals surface area contributed by atoms with Crippen LogP contribution < -0.4 is 5.32 Å². The summed E-state index contributed by atoms with van der Waals surface area (Å²) < 4.78 is 5.47. The first-order chi connectivity index (χ1) is 13.9. The van der Waals surface area contributed by atoms with Crippen molar-refractivity contribution >= 4 is 17.7 Å². The van der Waals surface area contributed by atoms with Crippen molar-refractivity contribution in [3.8, 4) is 0 Å². The number of amides is 1. The fraction of sp³-hybridized carbons (Fsp3) is 0.375. The minimum absolute atomic E-state index is 0.104. The molecule has 0 fully saturated rings. The Kier molecular flexibility index (Phi) is 8.59. The van der Waals surface area contributed by atoms with Gasteiger partial charge in [-0.15, -0.1) is 0 Å². The van der Waals surface area contributed by atoms with Crippen LogP contribution >= 0.6 is 0 Å². The molecular formula is C24H29NO4. The lowest BCUT2D eigenvalue weighted by Gasteiger charge is -2.23. The van der Waals surface area contributed by atoms with Crippen molar-refractivity contribution in [1.82, 2.24) is 5.32 Å². The molecule has 2 rings (SSSR count). The molecule has 0 saturated heterocycles. The fourth-order valence-corrected chi connectivity index (χ4v) is 3.18. The zero-order valence-corrected chi connectivity index (χ0v) is 17.3. The van der Waals surface area contributed by atoms with Gasteiger partial charge in [-0.2, -0.15) is 0 Å². The molecule has 2 aromatic rings. The highest BCUT2D eigenvalue weighted by Gasteiger charge is 2.34. The lowest BCUT2D eigenvalue weighted by atomic mass is 9.88. The zero-order chi connectivity index (χ0) is 21.2. The van der Waals surface area contributed by atoms with E-state index in [1.54, 1.807) is 0 Å². The zero-order valence-electron chi connectivity index (χ0n) is 17.3. The van der Waals surface area contributed by atoms with Crippen LogP contribution in [0.25, 0.3) is 0 Å². The van der Waals surface area contributed by atoms with Crippen molar-refractivity contribution < 1.29 is 19.1 Å². The van der Waals surface area contributed by atoms with Crippen molar-refractivity contribution in [3.05, 3.63) is 71.8 Å². The van der Waals surface area contributed by atoms with Crippen LogP contribution in [0.5, 0.6) is 0 Å². The first-order valence-corrected chi connectivity index (χ1v) is 9.92. The Labute approximate surface area is 172 Å². The maximum Gasteiger partial charge on any atom is 0.317 e. The molecule has 0 radical (unpaired) electrons. The molecule has 0 aromatic heterocycles. The topological polar surface area (TPSA) is 72.5 Å². The molecule has 154 valence electrons. The SMILES string of the molecule is CC(=O)N[C@@H](CC(C)C)C(=O)[C@H](Cc1ccccc1)C(=O)OCc1ccccc1. The van der Waals surface area contributed by atoms with E-state index >= 15 is 0 Å². The summed E-state index contributed by atoms with van der Waals surface area (Å²) in [5.74, 6) is -1.96. The first kappa shape index (κ1) is 22.3. The average molecular weight is 395 g/mol. The Morgan fingerprint density at radius 1 is 0.897 bits per heavy atom. The molecule has 5 heteroatoms. The molecule has 0 spiro atoms. The van der Waals surface area contributed by atoms with Gasteiger partial charge in [0.25, 0.3) is 0 Å². The normalized spacial score (nSPS) is 12.8. The van der Waals surface area contributed by atoms with Gasteiger partial charge in [0.05, 0.1) is 6.04 Å². The van der Waals surface area contributed by atoms with Crippen LogP contribution in [0.3, 0.4) is 0 Å². The van der Waals surface area contributed by atoms with E-state index in [1.807, 2.05) is 74.5 Å². The number of hydrogen-bond donors (Lipinski definition) is 1. The molecule has 1 N–H and O–H groups in total. The third kappa shape index (κ3) is 7.53. The predicted molar refractivity (Wildman–Crippen MR) is 112 cm³/mol. The van der Waals surface area contributed by atoms with E-state index in [0.29, 0.717) is 6.42 Å². The number of Topliss-reactive ketones (excluding diaryl/α,β-unsaturated/α-hetero) is 1. The fourth-order valence-electron chi connectivity index (χ4n) is 3.18. The highest BCUT2D eigenvalue weighted by molar-refractivity contribution is 6.03. The van der Waals surface area contributed by atoms with Gasteiger partial charge in [0.1, 0.15) is 12.5 Å². The van der Waals surface area contributed by atoms with Gasteiger partial charge in [0, 0.05) is 6.92 Å². The molecule has 0 heterocycles. The van der Waals surface area contributed by atoms with E-state index in [9.17, 15) is 14.4 Å². The van der Waals surface area contributed by atoms with Crippen molar-refractivity contribution in [2.45, 2.75) is 46.3 Å². The van der Waals surface area contributed by atoms with Crippen LogP contribution in [0.1, 0.15) is 38.3 Å². The van der Waals surface area contributed by atoms with E-state index in [1.165, 1.54) is 6.92 Å². The summed E-state index contributed by atoms with van der Waals surface area (Å²) in [7, 11) is 0. The molecule has 0 bridgehead atoms. The maximum absolute atomic E-state index is 13.3. The smallest absolute Gasteiger partial charge is 0.317 e. The van der Waals surface area contributed by atoms with E-state index < -0.39 is 17.9 Å². The van der Waals surface area contributed by atoms with Gasteiger partial charge >= 0.3 is 5.97 Å².